The monoisotopic (exact) mass is 418 g/mol. The summed E-state index contributed by atoms with van der Waals surface area (Å²) in [5, 5.41) is 3.19. The maximum Gasteiger partial charge on any atom is 0.241 e. The van der Waals surface area contributed by atoms with Gasteiger partial charge in [-0.2, -0.15) is 0 Å². The highest BCUT2D eigenvalue weighted by atomic mass is 35.5. The van der Waals surface area contributed by atoms with Crippen molar-refractivity contribution in [2.75, 3.05) is 17.1 Å². The van der Waals surface area contributed by atoms with Crippen molar-refractivity contribution in [3.8, 4) is 0 Å². The van der Waals surface area contributed by atoms with Crippen LogP contribution in [0.3, 0.4) is 0 Å². The first-order valence-corrected chi connectivity index (χ1v) is 10.2. The lowest BCUT2D eigenvalue weighted by molar-refractivity contribution is -0.120. The maximum absolute atomic E-state index is 13.0. The van der Waals surface area contributed by atoms with Crippen LogP contribution in [0.4, 0.5) is 10.1 Å². The lowest BCUT2D eigenvalue weighted by Crippen LogP contribution is -2.41. The quantitative estimate of drug-likeness (QED) is 0.775. The van der Waals surface area contributed by atoms with E-state index in [1.165, 1.54) is 30.3 Å². The van der Waals surface area contributed by atoms with Crippen molar-refractivity contribution >= 4 is 44.8 Å². The van der Waals surface area contributed by atoms with E-state index in [9.17, 15) is 17.6 Å². The fourth-order valence-electron chi connectivity index (χ4n) is 2.34. The van der Waals surface area contributed by atoms with Gasteiger partial charge in [-0.1, -0.05) is 35.3 Å². The Bertz CT molecular complexity index is 884. The van der Waals surface area contributed by atoms with Crippen LogP contribution in [0, 0.1) is 5.82 Å². The van der Waals surface area contributed by atoms with Crippen LogP contribution in [0.5, 0.6) is 0 Å². The number of anilines is 1. The molecule has 140 valence electrons. The van der Waals surface area contributed by atoms with Gasteiger partial charge in [-0.25, -0.2) is 12.8 Å². The Morgan fingerprint density at radius 3 is 2.19 bits per heavy atom. The number of carbonyl (C=O) groups is 1. The molecule has 0 aliphatic heterocycles. The number of rotatable bonds is 6. The van der Waals surface area contributed by atoms with Crippen LogP contribution in [-0.2, 0) is 14.8 Å². The molecule has 1 atom stereocenters. The largest absolute Gasteiger partial charge is 0.348 e. The topological polar surface area (TPSA) is 66.5 Å². The molecule has 5 nitrogen and oxygen atoms in total. The van der Waals surface area contributed by atoms with Crippen molar-refractivity contribution in [1.82, 2.24) is 5.32 Å². The van der Waals surface area contributed by atoms with Gasteiger partial charge in [0, 0.05) is 10.0 Å². The second-order valence-electron chi connectivity index (χ2n) is 5.74. The van der Waals surface area contributed by atoms with Gasteiger partial charge in [0.1, 0.15) is 12.4 Å². The number of carbonyl (C=O) groups excluding carboxylic acids is 1. The fourth-order valence-corrected chi connectivity index (χ4v) is 3.69. The first-order chi connectivity index (χ1) is 12.1. The summed E-state index contributed by atoms with van der Waals surface area (Å²) >= 11 is 11.8. The molecule has 0 heterocycles. The van der Waals surface area contributed by atoms with Crippen LogP contribution in [0.15, 0.2) is 42.5 Å². The molecule has 0 bridgehead atoms. The average molecular weight is 419 g/mol. The molecule has 0 unspecified atom stereocenters. The van der Waals surface area contributed by atoms with Crippen molar-refractivity contribution in [2.24, 2.45) is 0 Å². The zero-order valence-electron chi connectivity index (χ0n) is 14.0. The van der Waals surface area contributed by atoms with E-state index in [1.807, 2.05) is 0 Å². The Labute approximate surface area is 161 Å². The number of hydrogen-bond acceptors (Lipinski definition) is 3. The lowest BCUT2D eigenvalue weighted by atomic mass is 10.1. The molecule has 0 saturated heterocycles. The first kappa shape index (κ1) is 20.5. The first-order valence-electron chi connectivity index (χ1n) is 7.55. The van der Waals surface area contributed by atoms with E-state index in [-0.39, 0.29) is 21.5 Å². The molecule has 1 amide bonds. The summed E-state index contributed by atoms with van der Waals surface area (Å²) in [7, 11) is -3.75. The Morgan fingerprint density at radius 2 is 1.69 bits per heavy atom. The molecule has 0 aromatic heterocycles. The third kappa shape index (κ3) is 5.59. The maximum atomic E-state index is 13.0. The number of hydrogen-bond donors (Lipinski definition) is 1. The smallest absolute Gasteiger partial charge is 0.241 e. The molecule has 0 saturated carbocycles. The van der Waals surface area contributed by atoms with Crippen molar-refractivity contribution in [3.05, 3.63) is 63.9 Å². The Morgan fingerprint density at radius 1 is 1.15 bits per heavy atom. The highest BCUT2D eigenvalue weighted by molar-refractivity contribution is 7.92. The van der Waals surface area contributed by atoms with Gasteiger partial charge in [0.2, 0.25) is 15.9 Å². The molecule has 9 heteroatoms. The van der Waals surface area contributed by atoms with E-state index in [4.69, 9.17) is 23.2 Å². The summed E-state index contributed by atoms with van der Waals surface area (Å²) in [6.07, 6.45) is 0.985. The molecule has 26 heavy (non-hydrogen) atoms. The minimum atomic E-state index is -3.75. The van der Waals surface area contributed by atoms with E-state index in [1.54, 1.807) is 19.1 Å². The highest BCUT2D eigenvalue weighted by Crippen LogP contribution is 2.27. The number of sulfonamides is 1. The summed E-state index contributed by atoms with van der Waals surface area (Å²) in [5.74, 6) is -0.906. The molecular formula is C17H17Cl2FN2O3S. The van der Waals surface area contributed by atoms with Crippen LogP contribution in [0.1, 0.15) is 18.5 Å². The third-order valence-corrected chi connectivity index (χ3v) is 5.15. The number of amides is 1. The molecule has 0 aliphatic carbocycles. The van der Waals surface area contributed by atoms with Crippen molar-refractivity contribution < 1.29 is 17.6 Å². The fraction of sp³-hybridized carbons (Fsp3) is 0.235. The van der Waals surface area contributed by atoms with Gasteiger partial charge < -0.3 is 5.32 Å². The molecule has 2 aromatic rings. The van der Waals surface area contributed by atoms with Gasteiger partial charge in [-0.15, -0.1) is 0 Å². The van der Waals surface area contributed by atoms with Gasteiger partial charge in [-0.05, 0) is 42.8 Å². The lowest BCUT2D eigenvalue weighted by Gasteiger charge is -2.23. The van der Waals surface area contributed by atoms with Gasteiger partial charge in [0.15, 0.2) is 0 Å². The summed E-state index contributed by atoms with van der Waals surface area (Å²) in [5.41, 5.74) is 0.881. The Balaban J connectivity index is 2.18. The second-order valence-corrected chi connectivity index (χ2v) is 8.52. The van der Waals surface area contributed by atoms with E-state index < -0.39 is 28.5 Å². The van der Waals surface area contributed by atoms with Crippen LogP contribution >= 0.6 is 23.2 Å². The molecule has 2 aromatic carbocycles. The molecule has 0 radical (unpaired) electrons. The normalized spacial score (nSPS) is 12.5. The molecule has 1 N–H and O–H groups in total. The standard InChI is InChI=1S/C17H17Cl2FN2O3S/c1-11(12-3-5-15(20)6-4-12)21-17(23)10-22(26(2,24)25)16-8-13(18)7-14(19)9-16/h3-9,11H,10H2,1-2H3,(H,21,23)/t11-/m1/s1. The van der Waals surface area contributed by atoms with Crippen LogP contribution in [-0.4, -0.2) is 27.1 Å². The third-order valence-electron chi connectivity index (χ3n) is 3.57. The van der Waals surface area contributed by atoms with Crippen LogP contribution in [0.25, 0.3) is 0 Å². The van der Waals surface area contributed by atoms with Crippen molar-refractivity contribution in [1.29, 1.82) is 0 Å². The van der Waals surface area contributed by atoms with Crippen molar-refractivity contribution in [2.45, 2.75) is 13.0 Å². The predicted molar refractivity (Wildman–Crippen MR) is 102 cm³/mol. The number of benzene rings is 2. The van der Waals surface area contributed by atoms with E-state index in [0.717, 1.165) is 10.6 Å². The molecular weight excluding hydrogens is 402 g/mol. The number of halogens is 3. The Hall–Kier alpha value is -1.83. The van der Waals surface area contributed by atoms with E-state index in [0.29, 0.717) is 5.56 Å². The molecule has 0 spiro atoms. The number of nitrogens with one attached hydrogen (secondary N) is 1. The van der Waals surface area contributed by atoms with Gasteiger partial charge >= 0.3 is 0 Å². The summed E-state index contributed by atoms with van der Waals surface area (Å²) in [6.45, 7) is 1.27. The predicted octanol–water partition coefficient (Wildman–Crippen LogP) is 3.78. The number of nitrogens with zero attached hydrogens (tertiary/aromatic N) is 1. The SMILES string of the molecule is C[C@@H](NC(=O)CN(c1cc(Cl)cc(Cl)c1)S(C)(=O)=O)c1ccc(F)cc1. The minimum absolute atomic E-state index is 0.189. The van der Waals surface area contributed by atoms with E-state index in [2.05, 4.69) is 5.32 Å². The molecule has 0 aliphatic rings. The van der Waals surface area contributed by atoms with Gasteiger partial charge in [0.05, 0.1) is 18.0 Å². The molecule has 2 rings (SSSR count). The summed E-state index contributed by atoms with van der Waals surface area (Å²) < 4.78 is 38.1. The van der Waals surface area contributed by atoms with Gasteiger partial charge in [0.25, 0.3) is 0 Å². The average Bonchev–Trinajstić information content (AvgIpc) is 2.51. The Kier molecular flexibility index (Phi) is 6.49. The highest BCUT2D eigenvalue weighted by Gasteiger charge is 2.22. The van der Waals surface area contributed by atoms with Crippen LogP contribution < -0.4 is 9.62 Å². The minimum Gasteiger partial charge on any atom is -0.348 e. The zero-order valence-corrected chi connectivity index (χ0v) is 16.4. The van der Waals surface area contributed by atoms with Gasteiger partial charge in [-0.3, -0.25) is 9.10 Å². The summed E-state index contributed by atoms with van der Waals surface area (Å²) in [6, 6.07) is 9.52. The molecule has 0 fully saturated rings. The van der Waals surface area contributed by atoms with Crippen LogP contribution in [0.2, 0.25) is 10.0 Å². The summed E-state index contributed by atoms with van der Waals surface area (Å²) in [4.78, 5) is 12.3. The second kappa shape index (κ2) is 8.24. The zero-order chi connectivity index (χ0) is 19.5. The van der Waals surface area contributed by atoms with Crippen molar-refractivity contribution in [3.63, 3.8) is 0 Å². The van der Waals surface area contributed by atoms with E-state index >= 15 is 0 Å².